The first-order chi connectivity index (χ1) is 17.5. The number of carboxylic acid groups (broad SMARTS) is 1. The van der Waals surface area contributed by atoms with Gasteiger partial charge in [0.2, 0.25) is 5.91 Å². The van der Waals surface area contributed by atoms with E-state index in [9.17, 15) is 9.59 Å². The van der Waals surface area contributed by atoms with Crippen LogP contribution >= 0.6 is 0 Å². The second kappa shape index (κ2) is 14.0. The number of benzene rings is 2. The van der Waals surface area contributed by atoms with Crippen molar-refractivity contribution in [3.63, 3.8) is 0 Å². The predicted molar refractivity (Wildman–Crippen MR) is 141 cm³/mol. The number of aromatic nitrogens is 2. The SMILES string of the molecule is CCCCCCCOc1ccc(-c2cnc(-c3ccc(CCC(=O)NC(C)C(=O)O)cc3)nc2)cc1. The van der Waals surface area contributed by atoms with Crippen molar-refractivity contribution in [1.29, 1.82) is 0 Å². The van der Waals surface area contributed by atoms with Crippen molar-refractivity contribution in [2.24, 2.45) is 0 Å². The molecule has 2 N–H and O–H groups in total. The molecule has 1 aromatic heterocycles. The molecule has 0 saturated carbocycles. The summed E-state index contributed by atoms with van der Waals surface area (Å²) in [4.78, 5) is 31.8. The molecular formula is C29H35N3O4. The van der Waals surface area contributed by atoms with Gasteiger partial charge in [0, 0.05) is 29.9 Å². The fourth-order valence-corrected chi connectivity index (χ4v) is 3.72. The molecule has 2 aromatic carbocycles. The average molecular weight is 490 g/mol. The van der Waals surface area contributed by atoms with Gasteiger partial charge in [-0.1, -0.05) is 69.0 Å². The van der Waals surface area contributed by atoms with Gasteiger partial charge in [-0.05, 0) is 43.0 Å². The van der Waals surface area contributed by atoms with E-state index in [1.165, 1.54) is 32.6 Å². The number of aryl methyl sites for hydroxylation is 1. The molecule has 1 atom stereocenters. The van der Waals surface area contributed by atoms with Gasteiger partial charge in [-0.15, -0.1) is 0 Å². The third-order valence-corrected chi connectivity index (χ3v) is 5.96. The summed E-state index contributed by atoms with van der Waals surface area (Å²) in [7, 11) is 0. The van der Waals surface area contributed by atoms with E-state index < -0.39 is 12.0 Å². The number of nitrogens with zero attached hydrogens (tertiary/aromatic N) is 2. The van der Waals surface area contributed by atoms with Crippen LogP contribution in [0, 0.1) is 0 Å². The number of rotatable bonds is 14. The van der Waals surface area contributed by atoms with Crippen molar-refractivity contribution in [2.75, 3.05) is 6.61 Å². The van der Waals surface area contributed by atoms with Crippen molar-refractivity contribution < 1.29 is 19.4 Å². The highest BCUT2D eigenvalue weighted by atomic mass is 16.5. The van der Waals surface area contributed by atoms with E-state index >= 15 is 0 Å². The van der Waals surface area contributed by atoms with Crippen molar-refractivity contribution >= 4 is 11.9 Å². The Morgan fingerprint density at radius 3 is 2.17 bits per heavy atom. The number of ether oxygens (including phenoxy) is 1. The summed E-state index contributed by atoms with van der Waals surface area (Å²) < 4.78 is 5.84. The van der Waals surface area contributed by atoms with Crippen molar-refractivity contribution in [1.82, 2.24) is 15.3 Å². The van der Waals surface area contributed by atoms with Gasteiger partial charge in [0.15, 0.2) is 5.82 Å². The Labute approximate surface area is 213 Å². The van der Waals surface area contributed by atoms with Gasteiger partial charge in [-0.25, -0.2) is 9.97 Å². The maximum absolute atomic E-state index is 11.9. The van der Waals surface area contributed by atoms with Crippen molar-refractivity contribution in [3.8, 4) is 28.3 Å². The molecule has 1 unspecified atom stereocenters. The fourth-order valence-electron chi connectivity index (χ4n) is 3.72. The molecule has 190 valence electrons. The number of nitrogens with one attached hydrogen (secondary N) is 1. The molecule has 1 amide bonds. The highest BCUT2D eigenvalue weighted by molar-refractivity contribution is 5.83. The molecule has 0 aliphatic heterocycles. The monoisotopic (exact) mass is 489 g/mol. The van der Waals surface area contributed by atoms with E-state index in [1.54, 1.807) is 0 Å². The minimum atomic E-state index is -1.05. The third-order valence-electron chi connectivity index (χ3n) is 5.96. The van der Waals surface area contributed by atoms with Crippen LogP contribution in [-0.2, 0) is 16.0 Å². The molecular weight excluding hydrogens is 454 g/mol. The zero-order chi connectivity index (χ0) is 25.8. The number of carboxylic acids is 1. The molecule has 0 radical (unpaired) electrons. The van der Waals surface area contributed by atoms with Crippen molar-refractivity contribution in [3.05, 3.63) is 66.5 Å². The molecule has 0 saturated heterocycles. The number of amides is 1. The van der Waals surface area contributed by atoms with Crippen LogP contribution in [0.1, 0.15) is 57.9 Å². The normalized spacial score (nSPS) is 11.6. The van der Waals surface area contributed by atoms with Crippen LogP contribution in [-0.4, -0.2) is 39.6 Å². The number of hydrogen-bond donors (Lipinski definition) is 2. The zero-order valence-electron chi connectivity index (χ0n) is 21.1. The lowest BCUT2D eigenvalue weighted by Crippen LogP contribution is -2.38. The molecule has 0 spiro atoms. The Morgan fingerprint density at radius 2 is 1.53 bits per heavy atom. The van der Waals surface area contributed by atoms with Crippen LogP contribution in [0.25, 0.3) is 22.5 Å². The van der Waals surface area contributed by atoms with Crippen LogP contribution in [0.15, 0.2) is 60.9 Å². The molecule has 0 aliphatic carbocycles. The standard InChI is InChI=1S/C29H35N3O4/c1-3-4-5-6-7-18-36-26-15-13-23(14-16-26)25-19-30-28(31-20-25)24-11-8-22(9-12-24)10-17-27(33)32-21(2)29(34)35/h8-9,11-16,19-21H,3-7,10,17-18H2,1-2H3,(H,32,33)(H,34,35). The Kier molecular flexibility index (Phi) is 10.4. The van der Waals surface area contributed by atoms with Gasteiger partial charge in [0.1, 0.15) is 11.8 Å². The Bertz CT molecular complexity index is 1100. The lowest BCUT2D eigenvalue weighted by molar-refractivity contribution is -0.141. The topological polar surface area (TPSA) is 101 Å². The predicted octanol–water partition coefficient (Wildman–Crippen LogP) is 5.68. The molecule has 0 fully saturated rings. The quantitative estimate of drug-likeness (QED) is 0.283. The lowest BCUT2D eigenvalue weighted by Gasteiger charge is -2.09. The number of unbranched alkanes of at least 4 members (excludes halogenated alkanes) is 4. The Balaban J connectivity index is 1.49. The first-order valence-electron chi connectivity index (χ1n) is 12.6. The average Bonchev–Trinajstić information content (AvgIpc) is 2.90. The molecule has 1 heterocycles. The molecule has 3 aromatic rings. The lowest BCUT2D eigenvalue weighted by atomic mass is 10.1. The second-order valence-electron chi connectivity index (χ2n) is 8.91. The van der Waals surface area contributed by atoms with Gasteiger partial charge in [0.05, 0.1) is 6.61 Å². The first kappa shape index (κ1) is 26.9. The van der Waals surface area contributed by atoms with Gasteiger partial charge in [-0.2, -0.15) is 0 Å². The van der Waals surface area contributed by atoms with Gasteiger partial charge < -0.3 is 15.2 Å². The van der Waals surface area contributed by atoms with E-state index in [2.05, 4.69) is 22.2 Å². The smallest absolute Gasteiger partial charge is 0.325 e. The first-order valence-corrected chi connectivity index (χ1v) is 12.6. The summed E-state index contributed by atoms with van der Waals surface area (Å²) in [5.74, 6) is 0.172. The summed E-state index contributed by atoms with van der Waals surface area (Å²) in [6.45, 7) is 4.41. The Morgan fingerprint density at radius 1 is 0.889 bits per heavy atom. The molecule has 7 nitrogen and oxygen atoms in total. The van der Waals surface area contributed by atoms with E-state index in [1.807, 2.05) is 60.9 Å². The maximum atomic E-state index is 11.9. The summed E-state index contributed by atoms with van der Waals surface area (Å²) in [5.41, 5.74) is 3.83. The van der Waals surface area contributed by atoms with Crippen LogP contribution in [0.3, 0.4) is 0 Å². The third kappa shape index (κ3) is 8.48. The highest BCUT2D eigenvalue weighted by Gasteiger charge is 2.13. The van der Waals surface area contributed by atoms with Crippen LogP contribution < -0.4 is 10.1 Å². The zero-order valence-corrected chi connectivity index (χ0v) is 21.1. The van der Waals surface area contributed by atoms with Crippen molar-refractivity contribution in [2.45, 2.75) is 64.8 Å². The summed E-state index contributed by atoms with van der Waals surface area (Å²) >= 11 is 0. The van der Waals surface area contributed by atoms with E-state index in [0.29, 0.717) is 12.2 Å². The maximum Gasteiger partial charge on any atom is 0.325 e. The molecule has 3 rings (SSSR count). The largest absolute Gasteiger partial charge is 0.494 e. The number of carbonyl (C=O) groups is 2. The minimum Gasteiger partial charge on any atom is -0.494 e. The van der Waals surface area contributed by atoms with E-state index in [4.69, 9.17) is 9.84 Å². The Hall–Kier alpha value is -3.74. The number of aliphatic carboxylic acids is 1. The van der Waals surface area contributed by atoms with Gasteiger partial charge in [0.25, 0.3) is 0 Å². The number of hydrogen-bond acceptors (Lipinski definition) is 5. The summed E-state index contributed by atoms with van der Waals surface area (Å²) in [6, 6.07) is 14.8. The molecule has 0 aliphatic rings. The summed E-state index contributed by atoms with van der Waals surface area (Å²) in [6.07, 6.45) is 10.5. The van der Waals surface area contributed by atoms with E-state index in [0.717, 1.165) is 41.0 Å². The molecule has 36 heavy (non-hydrogen) atoms. The van der Waals surface area contributed by atoms with Crippen LogP contribution in [0.2, 0.25) is 0 Å². The number of carbonyl (C=O) groups excluding carboxylic acids is 1. The van der Waals surface area contributed by atoms with Crippen LogP contribution in [0.4, 0.5) is 0 Å². The molecule has 7 heteroatoms. The fraction of sp³-hybridized carbons (Fsp3) is 0.379. The minimum absolute atomic E-state index is 0.227. The van der Waals surface area contributed by atoms with Gasteiger partial charge >= 0.3 is 5.97 Å². The van der Waals surface area contributed by atoms with E-state index in [-0.39, 0.29) is 12.3 Å². The second-order valence-corrected chi connectivity index (χ2v) is 8.91. The molecule has 0 bridgehead atoms. The van der Waals surface area contributed by atoms with Crippen LogP contribution in [0.5, 0.6) is 5.75 Å². The highest BCUT2D eigenvalue weighted by Crippen LogP contribution is 2.23. The summed E-state index contributed by atoms with van der Waals surface area (Å²) in [5, 5.41) is 11.3. The van der Waals surface area contributed by atoms with Gasteiger partial charge in [-0.3, -0.25) is 9.59 Å².